The molecule has 21 heavy (non-hydrogen) atoms. The second kappa shape index (κ2) is 6.04. The van der Waals surface area contributed by atoms with Crippen molar-refractivity contribution in [2.24, 2.45) is 0 Å². The molecule has 0 aliphatic heterocycles. The van der Waals surface area contributed by atoms with Crippen LogP contribution in [0.1, 0.15) is 32.1 Å². The number of nitrogens with zero attached hydrogens (tertiary/aromatic N) is 5. The minimum Gasteiger partial charge on any atom is -0.391 e. The van der Waals surface area contributed by atoms with Crippen molar-refractivity contribution in [2.75, 3.05) is 11.1 Å². The van der Waals surface area contributed by atoms with Gasteiger partial charge in [0.1, 0.15) is 0 Å². The number of aliphatic hydroxyl groups is 1. The van der Waals surface area contributed by atoms with E-state index in [1.807, 2.05) is 0 Å². The zero-order chi connectivity index (χ0) is 14.7. The summed E-state index contributed by atoms with van der Waals surface area (Å²) in [6.07, 6.45) is 7.96. The van der Waals surface area contributed by atoms with Gasteiger partial charge in [0, 0.05) is 12.4 Å². The molecule has 0 aromatic carbocycles. The van der Waals surface area contributed by atoms with E-state index in [9.17, 15) is 5.11 Å². The molecule has 2 unspecified atom stereocenters. The molecule has 2 aromatic heterocycles. The fourth-order valence-corrected chi connectivity index (χ4v) is 2.56. The summed E-state index contributed by atoms with van der Waals surface area (Å²) in [4.78, 5) is 12.5. The highest BCUT2D eigenvalue weighted by molar-refractivity contribution is 5.36. The normalized spacial score (nSPS) is 22.7. The van der Waals surface area contributed by atoms with Crippen LogP contribution in [-0.4, -0.2) is 42.0 Å². The highest BCUT2D eigenvalue weighted by atomic mass is 16.3. The minimum absolute atomic E-state index is 0.0558. The van der Waals surface area contributed by atoms with E-state index in [1.165, 1.54) is 4.68 Å². The number of anilines is 2. The molecule has 1 fully saturated rings. The molecule has 2 atom stereocenters. The van der Waals surface area contributed by atoms with Crippen LogP contribution < -0.4 is 11.1 Å². The second-order valence-electron chi connectivity index (χ2n) is 5.22. The fraction of sp³-hybridized carbons (Fsp3) is 0.538. The van der Waals surface area contributed by atoms with Gasteiger partial charge >= 0.3 is 0 Å². The Morgan fingerprint density at radius 3 is 2.86 bits per heavy atom. The van der Waals surface area contributed by atoms with Crippen molar-refractivity contribution in [3.8, 4) is 5.95 Å². The largest absolute Gasteiger partial charge is 0.391 e. The van der Waals surface area contributed by atoms with Gasteiger partial charge in [0.25, 0.3) is 5.95 Å². The molecule has 3 rings (SSSR count). The van der Waals surface area contributed by atoms with Gasteiger partial charge in [-0.15, -0.1) is 0 Å². The van der Waals surface area contributed by atoms with Crippen LogP contribution in [0.25, 0.3) is 5.95 Å². The Kier molecular flexibility index (Phi) is 3.96. The van der Waals surface area contributed by atoms with E-state index >= 15 is 0 Å². The van der Waals surface area contributed by atoms with E-state index in [1.54, 1.807) is 18.5 Å². The summed E-state index contributed by atoms with van der Waals surface area (Å²) >= 11 is 0. The Labute approximate surface area is 122 Å². The van der Waals surface area contributed by atoms with Crippen LogP contribution in [0.15, 0.2) is 18.5 Å². The van der Waals surface area contributed by atoms with Crippen LogP contribution >= 0.6 is 0 Å². The molecule has 2 aromatic rings. The lowest BCUT2D eigenvalue weighted by atomic mass is 10.1. The lowest BCUT2D eigenvalue weighted by molar-refractivity contribution is 0.144. The maximum atomic E-state index is 10.2. The maximum absolute atomic E-state index is 10.2. The lowest BCUT2D eigenvalue weighted by Gasteiger charge is -2.21. The van der Waals surface area contributed by atoms with Crippen molar-refractivity contribution >= 4 is 11.9 Å². The predicted molar refractivity (Wildman–Crippen MR) is 77.9 cm³/mol. The molecule has 4 N–H and O–H groups in total. The summed E-state index contributed by atoms with van der Waals surface area (Å²) in [7, 11) is 0. The van der Waals surface area contributed by atoms with Crippen molar-refractivity contribution in [1.29, 1.82) is 0 Å². The molecule has 112 valence electrons. The molecule has 1 saturated carbocycles. The highest BCUT2D eigenvalue weighted by Gasteiger charge is 2.22. The van der Waals surface area contributed by atoms with Gasteiger partial charge in [-0.2, -0.15) is 20.1 Å². The Morgan fingerprint density at radius 1 is 1.19 bits per heavy atom. The molecule has 0 spiro atoms. The summed E-state index contributed by atoms with van der Waals surface area (Å²) in [6.45, 7) is 0. The number of nitrogens with one attached hydrogen (secondary N) is 1. The number of nitrogens with two attached hydrogens (primary N) is 1. The van der Waals surface area contributed by atoms with Crippen molar-refractivity contribution < 1.29 is 5.11 Å². The Balaban J connectivity index is 1.81. The molecule has 0 saturated heterocycles. The topological polar surface area (TPSA) is 115 Å². The lowest BCUT2D eigenvalue weighted by Crippen LogP contribution is -2.33. The number of rotatable bonds is 3. The molecule has 8 heteroatoms. The Bertz CT molecular complexity index is 586. The molecular formula is C13H19N7O. The van der Waals surface area contributed by atoms with Crippen LogP contribution in [0.4, 0.5) is 11.9 Å². The van der Waals surface area contributed by atoms with E-state index in [0.717, 1.165) is 32.1 Å². The van der Waals surface area contributed by atoms with E-state index in [0.29, 0.717) is 11.9 Å². The standard InChI is InChI=1S/C13H19N7O/c14-11-17-12(16-9-5-2-1-3-6-10(9)21)19-13(18-11)20-8-4-7-15-20/h4,7-10,21H,1-3,5-6H2,(H3,14,16,17,18,19). The summed E-state index contributed by atoms with van der Waals surface area (Å²) in [5.41, 5.74) is 5.73. The molecule has 0 amide bonds. The quantitative estimate of drug-likeness (QED) is 0.714. The van der Waals surface area contributed by atoms with E-state index in [4.69, 9.17) is 5.73 Å². The van der Waals surface area contributed by atoms with Crippen molar-refractivity contribution in [1.82, 2.24) is 24.7 Å². The molecule has 2 heterocycles. The van der Waals surface area contributed by atoms with Crippen LogP contribution in [0.3, 0.4) is 0 Å². The van der Waals surface area contributed by atoms with Gasteiger partial charge in [0.05, 0.1) is 12.1 Å². The van der Waals surface area contributed by atoms with Gasteiger partial charge in [-0.3, -0.25) is 0 Å². The summed E-state index contributed by atoms with van der Waals surface area (Å²) in [6, 6.07) is 1.72. The van der Waals surface area contributed by atoms with E-state index < -0.39 is 6.10 Å². The zero-order valence-electron chi connectivity index (χ0n) is 11.7. The Morgan fingerprint density at radius 2 is 2.05 bits per heavy atom. The Hall–Kier alpha value is -2.22. The second-order valence-corrected chi connectivity index (χ2v) is 5.22. The summed E-state index contributed by atoms with van der Waals surface area (Å²) < 4.78 is 1.52. The first-order chi connectivity index (χ1) is 10.2. The first-order valence-corrected chi connectivity index (χ1v) is 7.18. The summed E-state index contributed by atoms with van der Waals surface area (Å²) in [5.74, 6) is 0.859. The van der Waals surface area contributed by atoms with Crippen molar-refractivity contribution in [3.63, 3.8) is 0 Å². The third kappa shape index (κ3) is 3.27. The molecule has 0 bridgehead atoms. The maximum Gasteiger partial charge on any atom is 0.257 e. The number of aliphatic hydroxyl groups excluding tert-OH is 1. The minimum atomic E-state index is -0.390. The monoisotopic (exact) mass is 289 g/mol. The van der Waals surface area contributed by atoms with E-state index in [2.05, 4.69) is 25.4 Å². The number of aromatic nitrogens is 5. The first kappa shape index (κ1) is 13.7. The average molecular weight is 289 g/mol. The van der Waals surface area contributed by atoms with Gasteiger partial charge in [0.2, 0.25) is 11.9 Å². The van der Waals surface area contributed by atoms with Gasteiger partial charge in [-0.05, 0) is 18.9 Å². The molecular weight excluding hydrogens is 270 g/mol. The molecule has 1 aliphatic carbocycles. The molecule has 8 nitrogen and oxygen atoms in total. The van der Waals surface area contributed by atoms with Gasteiger partial charge in [-0.25, -0.2) is 4.68 Å². The molecule has 0 radical (unpaired) electrons. The number of nitrogen functional groups attached to an aromatic ring is 1. The van der Waals surface area contributed by atoms with Gasteiger partial charge in [-0.1, -0.05) is 19.3 Å². The van der Waals surface area contributed by atoms with E-state index in [-0.39, 0.29) is 12.0 Å². The van der Waals surface area contributed by atoms with Gasteiger partial charge < -0.3 is 16.2 Å². The molecule has 1 aliphatic rings. The smallest absolute Gasteiger partial charge is 0.257 e. The van der Waals surface area contributed by atoms with Crippen LogP contribution in [0, 0.1) is 0 Å². The third-order valence-corrected chi connectivity index (χ3v) is 3.64. The summed E-state index contributed by atoms with van der Waals surface area (Å²) in [5, 5.41) is 17.4. The third-order valence-electron chi connectivity index (χ3n) is 3.64. The zero-order valence-corrected chi connectivity index (χ0v) is 11.7. The predicted octanol–water partition coefficient (Wildman–Crippen LogP) is 0.745. The highest BCUT2D eigenvalue weighted by Crippen LogP contribution is 2.20. The number of hydrogen-bond donors (Lipinski definition) is 3. The first-order valence-electron chi connectivity index (χ1n) is 7.18. The van der Waals surface area contributed by atoms with Crippen molar-refractivity contribution in [2.45, 2.75) is 44.2 Å². The SMILES string of the molecule is Nc1nc(NC2CCCCCC2O)nc(-n2cccn2)n1. The van der Waals surface area contributed by atoms with Crippen LogP contribution in [-0.2, 0) is 0 Å². The van der Waals surface area contributed by atoms with Gasteiger partial charge in [0.15, 0.2) is 0 Å². The van der Waals surface area contributed by atoms with Crippen LogP contribution in [0.2, 0.25) is 0 Å². The average Bonchev–Trinajstić information content (AvgIpc) is 2.92. The fourth-order valence-electron chi connectivity index (χ4n) is 2.56. The van der Waals surface area contributed by atoms with Crippen LogP contribution in [0.5, 0.6) is 0 Å². The van der Waals surface area contributed by atoms with Crippen molar-refractivity contribution in [3.05, 3.63) is 18.5 Å². The number of hydrogen-bond acceptors (Lipinski definition) is 7.